The van der Waals surface area contributed by atoms with E-state index in [4.69, 9.17) is 9.84 Å². The van der Waals surface area contributed by atoms with Gasteiger partial charge in [0.1, 0.15) is 5.92 Å². The van der Waals surface area contributed by atoms with Crippen molar-refractivity contribution in [1.29, 1.82) is 0 Å². The molecule has 2 atom stereocenters. The molecule has 18 heavy (non-hydrogen) atoms. The fraction of sp³-hybridized carbons (Fsp3) is 0.833. The highest BCUT2D eigenvalue weighted by molar-refractivity contribution is 8.01. The maximum Gasteiger partial charge on any atom is 0.311 e. The minimum atomic E-state index is -0.902. The van der Waals surface area contributed by atoms with Crippen molar-refractivity contribution >= 4 is 23.6 Å². The highest BCUT2D eigenvalue weighted by atomic mass is 32.2. The predicted molar refractivity (Wildman–Crippen MR) is 70.7 cm³/mol. The van der Waals surface area contributed by atoms with E-state index in [2.05, 4.69) is 0 Å². The summed E-state index contributed by atoms with van der Waals surface area (Å²) in [4.78, 5) is 24.6. The van der Waals surface area contributed by atoms with Gasteiger partial charge < -0.3 is 14.7 Å². The fourth-order valence-corrected chi connectivity index (χ4v) is 2.49. The standard InChI is InChI=1S/C12H21NO4S/c1-12(2,3)18-7-10(14)13(4)9-6-17-5-8(9)11(15)16/h8-9H,5-7H2,1-4H3,(H,15,16). The molecule has 0 aromatic rings. The molecule has 1 rings (SSSR count). The fourth-order valence-electron chi connectivity index (χ4n) is 1.73. The lowest BCUT2D eigenvalue weighted by Gasteiger charge is -2.27. The summed E-state index contributed by atoms with van der Waals surface area (Å²) in [6.07, 6.45) is 0. The minimum absolute atomic E-state index is 0.0227. The number of carboxylic acid groups (broad SMARTS) is 1. The number of rotatable bonds is 4. The van der Waals surface area contributed by atoms with Gasteiger partial charge >= 0.3 is 5.97 Å². The largest absolute Gasteiger partial charge is 0.481 e. The van der Waals surface area contributed by atoms with E-state index in [-0.39, 0.29) is 23.3 Å². The maximum atomic E-state index is 12.0. The summed E-state index contributed by atoms with van der Waals surface area (Å²) in [5, 5.41) is 9.05. The number of amides is 1. The van der Waals surface area contributed by atoms with E-state index < -0.39 is 11.9 Å². The first-order valence-corrected chi connectivity index (χ1v) is 6.91. The zero-order valence-corrected chi connectivity index (χ0v) is 12.1. The monoisotopic (exact) mass is 275 g/mol. The zero-order valence-electron chi connectivity index (χ0n) is 11.3. The second kappa shape index (κ2) is 5.93. The average Bonchev–Trinajstić information content (AvgIpc) is 2.72. The van der Waals surface area contributed by atoms with Gasteiger partial charge in [0.15, 0.2) is 0 Å². The van der Waals surface area contributed by atoms with Gasteiger partial charge in [-0.3, -0.25) is 9.59 Å². The number of carboxylic acids is 1. The highest BCUT2D eigenvalue weighted by Crippen LogP contribution is 2.25. The maximum absolute atomic E-state index is 12.0. The van der Waals surface area contributed by atoms with Crippen LogP contribution in [0.1, 0.15) is 20.8 Å². The van der Waals surface area contributed by atoms with Crippen LogP contribution in [0.3, 0.4) is 0 Å². The van der Waals surface area contributed by atoms with E-state index in [1.165, 1.54) is 4.90 Å². The smallest absolute Gasteiger partial charge is 0.311 e. The van der Waals surface area contributed by atoms with Crippen LogP contribution in [0.2, 0.25) is 0 Å². The quantitative estimate of drug-likeness (QED) is 0.831. The van der Waals surface area contributed by atoms with Crippen LogP contribution in [0.5, 0.6) is 0 Å². The first-order chi connectivity index (χ1) is 8.22. The third-order valence-electron chi connectivity index (χ3n) is 2.89. The van der Waals surface area contributed by atoms with Crippen LogP contribution in [0, 0.1) is 5.92 Å². The minimum Gasteiger partial charge on any atom is -0.481 e. The Morgan fingerprint density at radius 1 is 1.39 bits per heavy atom. The molecule has 104 valence electrons. The topological polar surface area (TPSA) is 66.8 Å². The summed E-state index contributed by atoms with van der Waals surface area (Å²) in [6, 6.07) is -0.351. The van der Waals surface area contributed by atoms with Crippen LogP contribution in [-0.4, -0.2) is 58.7 Å². The van der Waals surface area contributed by atoms with Crippen molar-refractivity contribution < 1.29 is 19.4 Å². The van der Waals surface area contributed by atoms with Gasteiger partial charge in [0.25, 0.3) is 0 Å². The van der Waals surface area contributed by atoms with Crippen LogP contribution >= 0.6 is 11.8 Å². The number of hydrogen-bond acceptors (Lipinski definition) is 4. The SMILES string of the molecule is CN(C(=O)CSC(C)(C)C)C1COCC1C(=O)O. The molecule has 2 unspecified atom stereocenters. The molecular formula is C12H21NO4S. The molecular weight excluding hydrogens is 254 g/mol. The van der Waals surface area contributed by atoms with Gasteiger partial charge in [0.2, 0.25) is 5.91 Å². The normalized spacial score (nSPS) is 24.0. The number of carbonyl (C=O) groups excluding carboxylic acids is 1. The highest BCUT2D eigenvalue weighted by Gasteiger charge is 2.38. The van der Waals surface area contributed by atoms with Gasteiger partial charge in [-0.2, -0.15) is 0 Å². The zero-order chi connectivity index (χ0) is 13.9. The number of nitrogens with zero attached hydrogens (tertiary/aromatic N) is 1. The van der Waals surface area contributed by atoms with Crippen molar-refractivity contribution in [1.82, 2.24) is 4.90 Å². The van der Waals surface area contributed by atoms with Crippen LogP contribution < -0.4 is 0 Å². The number of hydrogen-bond donors (Lipinski definition) is 1. The molecule has 0 saturated carbocycles. The molecule has 0 aromatic carbocycles. The van der Waals surface area contributed by atoms with Crippen LogP contribution in [0.15, 0.2) is 0 Å². The van der Waals surface area contributed by atoms with E-state index in [0.717, 1.165) is 0 Å². The molecule has 1 N–H and O–H groups in total. The molecule has 1 aliphatic rings. The Morgan fingerprint density at radius 2 is 2.00 bits per heavy atom. The van der Waals surface area contributed by atoms with Gasteiger partial charge in [-0.1, -0.05) is 20.8 Å². The summed E-state index contributed by atoms with van der Waals surface area (Å²) in [6.45, 7) is 6.63. The lowest BCUT2D eigenvalue weighted by Crippen LogP contribution is -2.45. The summed E-state index contributed by atoms with van der Waals surface area (Å²) >= 11 is 1.56. The van der Waals surface area contributed by atoms with Crippen molar-refractivity contribution in [2.24, 2.45) is 5.92 Å². The number of aliphatic carboxylic acids is 1. The third kappa shape index (κ3) is 4.17. The molecule has 1 heterocycles. The molecule has 6 heteroatoms. The van der Waals surface area contributed by atoms with Gasteiger partial charge in [0, 0.05) is 11.8 Å². The van der Waals surface area contributed by atoms with Crippen molar-refractivity contribution in [3.05, 3.63) is 0 Å². The van der Waals surface area contributed by atoms with Gasteiger partial charge in [-0.15, -0.1) is 11.8 Å². The Labute approximate surface area is 112 Å². The summed E-state index contributed by atoms with van der Waals surface area (Å²) in [7, 11) is 1.65. The Kier molecular flexibility index (Phi) is 5.04. The number of ether oxygens (including phenoxy) is 1. The first kappa shape index (κ1) is 15.3. The molecule has 0 bridgehead atoms. The van der Waals surface area contributed by atoms with Crippen molar-refractivity contribution in [3.8, 4) is 0 Å². The Bertz CT molecular complexity index is 327. The molecule has 5 nitrogen and oxygen atoms in total. The van der Waals surface area contributed by atoms with E-state index in [9.17, 15) is 9.59 Å². The van der Waals surface area contributed by atoms with E-state index >= 15 is 0 Å². The number of likely N-dealkylation sites (N-methyl/N-ethyl adjacent to an activating group) is 1. The third-order valence-corrected chi connectivity index (χ3v) is 4.14. The second-order valence-electron chi connectivity index (χ2n) is 5.46. The van der Waals surface area contributed by atoms with E-state index in [0.29, 0.717) is 12.4 Å². The van der Waals surface area contributed by atoms with Crippen LogP contribution in [0.25, 0.3) is 0 Å². The predicted octanol–water partition coefficient (Wildman–Crippen LogP) is 1.08. The van der Waals surface area contributed by atoms with Crippen LogP contribution in [0.4, 0.5) is 0 Å². The second-order valence-corrected chi connectivity index (χ2v) is 7.26. The summed E-state index contributed by atoms with van der Waals surface area (Å²) in [5.74, 6) is -1.20. The number of thioether (sulfide) groups is 1. The molecule has 0 spiro atoms. The van der Waals surface area contributed by atoms with Gasteiger partial charge in [-0.25, -0.2) is 0 Å². The molecule has 1 saturated heterocycles. The molecule has 1 amide bonds. The molecule has 1 aliphatic heterocycles. The molecule has 0 aliphatic carbocycles. The number of carbonyl (C=O) groups is 2. The van der Waals surface area contributed by atoms with Crippen molar-refractivity contribution in [2.75, 3.05) is 26.0 Å². The van der Waals surface area contributed by atoms with Crippen molar-refractivity contribution in [2.45, 2.75) is 31.6 Å². The van der Waals surface area contributed by atoms with E-state index in [1.54, 1.807) is 18.8 Å². The first-order valence-electron chi connectivity index (χ1n) is 5.92. The summed E-state index contributed by atoms with van der Waals surface area (Å²) in [5.41, 5.74) is 0. The van der Waals surface area contributed by atoms with Crippen LogP contribution in [-0.2, 0) is 14.3 Å². The summed E-state index contributed by atoms with van der Waals surface area (Å²) < 4.78 is 5.19. The van der Waals surface area contributed by atoms with Crippen molar-refractivity contribution in [3.63, 3.8) is 0 Å². The molecule has 0 aromatic heterocycles. The Morgan fingerprint density at radius 3 is 2.50 bits per heavy atom. The Balaban J connectivity index is 2.55. The lowest BCUT2D eigenvalue weighted by atomic mass is 10.0. The average molecular weight is 275 g/mol. The van der Waals surface area contributed by atoms with E-state index in [1.807, 2.05) is 20.8 Å². The Hall–Kier alpha value is -0.750. The van der Waals surface area contributed by atoms with Gasteiger partial charge in [-0.05, 0) is 0 Å². The molecule has 1 fully saturated rings. The van der Waals surface area contributed by atoms with Gasteiger partial charge in [0.05, 0.1) is 25.0 Å². The molecule has 0 radical (unpaired) electrons. The lowest BCUT2D eigenvalue weighted by molar-refractivity contribution is -0.144.